The van der Waals surface area contributed by atoms with Crippen molar-refractivity contribution in [1.82, 2.24) is 15.2 Å². The van der Waals surface area contributed by atoms with Gasteiger partial charge >= 0.3 is 0 Å². The molecule has 2 aromatic rings. The number of ether oxygens (including phenoxy) is 1. The fraction of sp³-hybridized carbons (Fsp3) is 0.450. The molecule has 4 rings (SSSR count). The molecule has 0 radical (unpaired) electrons. The third-order valence-corrected chi connectivity index (χ3v) is 5.94. The number of benzene rings is 1. The number of aromatic nitrogens is 3. The Morgan fingerprint density at radius 2 is 2.15 bits per heavy atom. The molecule has 1 aliphatic carbocycles. The number of fused-ring (bicyclic) bond motifs is 3. The van der Waals surface area contributed by atoms with E-state index >= 15 is 0 Å². The van der Waals surface area contributed by atoms with Gasteiger partial charge in [-0.05, 0) is 38.7 Å². The summed E-state index contributed by atoms with van der Waals surface area (Å²) in [5.41, 5.74) is 4.23. The molecule has 2 atom stereocenters. The van der Waals surface area contributed by atoms with Crippen molar-refractivity contribution in [2.75, 3.05) is 11.1 Å². The lowest BCUT2D eigenvalue weighted by molar-refractivity contribution is 0.145. The lowest BCUT2D eigenvalue weighted by Gasteiger charge is -2.29. The molecule has 5 nitrogen and oxygen atoms in total. The Bertz CT molecular complexity index is 823. The summed E-state index contributed by atoms with van der Waals surface area (Å²) in [4.78, 5) is 4.68. The second-order valence-corrected chi connectivity index (χ2v) is 7.97. The fourth-order valence-corrected chi connectivity index (χ4v) is 4.03. The van der Waals surface area contributed by atoms with E-state index in [1.165, 1.54) is 5.57 Å². The van der Waals surface area contributed by atoms with Gasteiger partial charge in [0.1, 0.15) is 0 Å². The van der Waals surface area contributed by atoms with Crippen molar-refractivity contribution in [3.63, 3.8) is 0 Å². The molecule has 1 aromatic carbocycles. The summed E-state index contributed by atoms with van der Waals surface area (Å²) in [5.74, 6) is 1.98. The van der Waals surface area contributed by atoms with E-state index in [4.69, 9.17) is 4.74 Å². The van der Waals surface area contributed by atoms with Crippen molar-refractivity contribution in [3.8, 4) is 17.1 Å². The summed E-state index contributed by atoms with van der Waals surface area (Å²) in [5, 5.41) is 13.0. The average molecular weight is 369 g/mol. The molecule has 136 valence electrons. The SMILES string of the molecule is CCCSc1nnc2c(n1)OC(C1CC=C(C)CC1)Nc1ccccc1-2. The van der Waals surface area contributed by atoms with Crippen molar-refractivity contribution < 1.29 is 4.74 Å². The van der Waals surface area contributed by atoms with Crippen LogP contribution in [0.4, 0.5) is 5.69 Å². The summed E-state index contributed by atoms with van der Waals surface area (Å²) in [7, 11) is 0. The maximum atomic E-state index is 6.37. The normalized spacial score (nSPS) is 21.5. The van der Waals surface area contributed by atoms with E-state index in [1.807, 2.05) is 18.2 Å². The van der Waals surface area contributed by atoms with Gasteiger partial charge in [0.05, 0.1) is 0 Å². The predicted octanol–water partition coefficient (Wildman–Crippen LogP) is 4.92. The van der Waals surface area contributed by atoms with Gasteiger partial charge in [0, 0.05) is 22.9 Å². The highest BCUT2D eigenvalue weighted by atomic mass is 32.2. The summed E-state index contributed by atoms with van der Waals surface area (Å²) >= 11 is 1.62. The highest BCUT2D eigenvalue weighted by Gasteiger charge is 2.30. The van der Waals surface area contributed by atoms with E-state index in [1.54, 1.807) is 11.8 Å². The molecule has 0 amide bonds. The minimum Gasteiger partial charge on any atom is -0.452 e. The van der Waals surface area contributed by atoms with Gasteiger partial charge in [-0.1, -0.05) is 48.5 Å². The van der Waals surface area contributed by atoms with E-state index in [0.29, 0.717) is 17.0 Å². The quantitative estimate of drug-likeness (QED) is 0.611. The number of nitrogens with zero attached hydrogens (tertiary/aromatic N) is 3. The number of anilines is 1. The van der Waals surface area contributed by atoms with Gasteiger partial charge in [-0.25, -0.2) is 0 Å². The zero-order valence-electron chi connectivity index (χ0n) is 15.2. The predicted molar refractivity (Wildman–Crippen MR) is 105 cm³/mol. The van der Waals surface area contributed by atoms with Crippen LogP contribution in [0.2, 0.25) is 0 Å². The first-order chi connectivity index (χ1) is 12.7. The molecule has 2 aliphatic rings. The van der Waals surface area contributed by atoms with Gasteiger partial charge in [0.25, 0.3) is 0 Å². The fourth-order valence-electron chi connectivity index (χ4n) is 3.40. The number of hydrogen-bond acceptors (Lipinski definition) is 6. The molecule has 0 fully saturated rings. The maximum absolute atomic E-state index is 6.37. The Morgan fingerprint density at radius 3 is 2.96 bits per heavy atom. The highest BCUT2D eigenvalue weighted by Crippen LogP contribution is 2.39. The van der Waals surface area contributed by atoms with E-state index in [0.717, 1.165) is 48.4 Å². The molecule has 2 heterocycles. The molecule has 1 N–H and O–H groups in total. The van der Waals surface area contributed by atoms with Gasteiger partial charge in [-0.3, -0.25) is 0 Å². The molecule has 2 unspecified atom stereocenters. The second kappa shape index (κ2) is 7.66. The van der Waals surface area contributed by atoms with Gasteiger partial charge in [-0.15, -0.1) is 10.2 Å². The molecule has 0 spiro atoms. The molecule has 0 bridgehead atoms. The molecule has 26 heavy (non-hydrogen) atoms. The Kier molecular flexibility index (Phi) is 5.11. The van der Waals surface area contributed by atoms with Crippen LogP contribution in [0.1, 0.15) is 39.5 Å². The summed E-state index contributed by atoms with van der Waals surface area (Å²) in [6.07, 6.45) is 6.57. The minimum absolute atomic E-state index is 0.109. The average Bonchev–Trinajstić information content (AvgIpc) is 2.83. The smallest absolute Gasteiger partial charge is 0.247 e. The van der Waals surface area contributed by atoms with Gasteiger partial charge < -0.3 is 10.1 Å². The van der Waals surface area contributed by atoms with Crippen LogP contribution >= 0.6 is 11.8 Å². The van der Waals surface area contributed by atoms with Crippen molar-refractivity contribution >= 4 is 17.4 Å². The van der Waals surface area contributed by atoms with Crippen LogP contribution in [0, 0.1) is 5.92 Å². The van der Waals surface area contributed by atoms with Crippen molar-refractivity contribution in [2.45, 2.75) is 50.9 Å². The van der Waals surface area contributed by atoms with Crippen LogP contribution in [-0.4, -0.2) is 27.2 Å². The number of para-hydroxylation sites is 1. The molecular formula is C20H24N4OS. The Morgan fingerprint density at radius 1 is 1.27 bits per heavy atom. The van der Waals surface area contributed by atoms with Crippen LogP contribution in [0.3, 0.4) is 0 Å². The zero-order valence-corrected chi connectivity index (χ0v) is 16.1. The zero-order chi connectivity index (χ0) is 17.9. The molecule has 0 saturated carbocycles. The number of allylic oxidation sites excluding steroid dienone is 2. The Labute approximate surface area is 158 Å². The van der Waals surface area contributed by atoms with Crippen LogP contribution in [0.25, 0.3) is 11.3 Å². The third-order valence-electron chi connectivity index (χ3n) is 4.90. The molecule has 6 heteroatoms. The summed E-state index contributed by atoms with van der Waals surface area (Å²) in [6.45, 7) is 4.35. The standard InChI is InChI=1S/C20H24N4OS/c1-3-12-26-20-22-19-17(23-24-20)15-6-4-5-7-16(15)21-18(25-19)14-10-8-13(2)9-11-14/h4-8,14,18,21H,3,9-12H2,1-2H3. The first-order valence-corrected chi connectivity index (χ1v) is 10.3. The Balaban J connectivity index is 1.70. The van der Waals surface area contributed by atoms with E-state index < -0.39 is 0 Å². The van der Waals surface area contributed by atoms with Gasteiger partial charge in [0.15, 0.2) is 11.9 Å². The minimum atomic E-state index is -0.109. The number of thioether (sulfide) groups is 1. The van der Waals surface area contributed by atoms with E-state index in [9.17, 15) is 0 Å². The van der Waals surface area contributed by atoms with E-state index in [2.05, 4.69) is 46.5 Å². The third kappa shape index (κ3) is 3.56. The Hall–Kier alpha value is -2.08. The maximum Gasteiger partial charge on any atom is 0.247 e. The molecule has 0 saturated heterocycles. The van der Waals surface area contributed by atoms with Gasteiger partial charge in [0.2, 0.25) is 11.0 Å². The van der Waals surface area contributed by atoms with Crippen LogP contribution < -0.4 is 10.1 Å². The number of rotatable bonds is 4. The first-order valence-electron chi connectivity index (χ1n) is 9.30. The van der Waals surface area contributed by atoms with Crippen molar-refractivity contribution in [1.29, 1.82) is 0 Å². The first kappa shape index (κ1) is 17.3. The van der Waals surface area contributed by atoms with Crippen LogP contribution in [-0.2, 0) is 0 Å². The van der Waals surface area contributed by atoms with Crippen LogP contribution in [0.5, 0.6) is 5.88 Å². The monoisotopic (exact) mass is 368 g/mol. The van der Waals surface area contributed by atoms with E-state index in [-0.39, 0.29) is 6.23 Å². The van der Waals surface area contributed by atoms with Crippen molar-refractivity contribution in [2.24, 2.45) is 5.92 Å². The van der Waals surface area contributed by atoms with Crippen LogP contribution in [0.15, 0.2) is 41.1 Å². The molecule has 1 aromatic heterocycles. The van der Waals surface area contributed by atoms with Crippen molar-refractivity contribution in [3.05, 3.63) is 35.9 Å². The largest absolute Gasteiger partial charge is 0.452 e. The molecular weight excluding hydrogens is 344 g/mol. The lowest BCUT2D eigenvalue weighted by Crippen LogP contribution is -2.35. The van der Waals surface area contributed by atoms with Gasteiger partial charge in [-0.2, -0.15) is 4.98 Å². The lowest BCUT2D eigenvalue weighted by atomic mass is 9.89. The highest BCUT2D eigenvalue weighted by molar-refractivity contribution is 7.99. The summed E-state index contributed by atoms with van der Waals surface area (Å²) in [6, 6.07) is 8.17. The topological polar surface area (TPSA) is 59.9 Å². The second-order valence-electron chi connectivity index (χ2n) is 6.91. The summed E-state index contributed by atoms with van der Waals surface area (Å²) < 4.78 is 6.37. The molecule has 1 aliphatic heterocycles. The number of hydrogen-bond donors (Lipinski definition) is 1. The number of nitrogens with one attached hydrogen (secondary N) is 1.